The molecule has 2 N–H and O–H groups in total. The van der Waals surface area contributed by atoms with Gasteiger partial charge < -0.3 is 5.73 Å². The smallest absolute Gasteiger partial charge is 0.237 e. The van der Waals surface area contributed by atoms with Crippen LogP contribution in [0, 0.1) is 11.8 Å². The largest absolute Gasteiger partial charge is 0.389 e. The summed E-state index contributed by atoms with van der Waals surface area (Å²) in [6.07, 6.45) is 0.711. The molecule has 0 radical (unpaired) electrons. The van der Waals surface area contributed by atoms with E-state index in [2.05, 4.69) is 0 Å². The molecule has 5 heteroatoms. The van der Waals surface area contributed by atoms with Crippen molar-refractivity contribution >= 4 is 34.7 Å². The molecule has 2 amide bonds. The van der Waals surface area contributed by atoms with Crippen LogP contribution in [0.5, 0.6) is 0 Å². The number of piperidine rings is 1. The third-order valence-electron chi connectivity index (χ3n) is 3.25. The first-order valence-corrected chi connectivity index (χ1v) is 5.78. The molecule has 1 aliphatic carbocycles. The second-order valence-electron chi connectivity index (χ2n) is 4.38. The molecule has 17 heavy (non-hydrogen) atoms. The minimum absolute atomic E-state index is 0.0871. The zero-order chi connectivity index (χ0) is 12.2. The number of carbonyl (C=O) groups excluding carboxylic acids is 2. The summed E-state index contributed by atoms with van der Waals surface area (Å²) in [5.41, 5.74) is 6.76. The van der Waals surface area contributed by atoms with Crippen LogP contribution in [0.3, 0.4) is 0 Å². The van der Waals surface area contributed by atoms with Crippen molar-refractivity contribution in [2.45, 2.75) is 6.42 Å². The molecule has 0 spiro atoms. The van der Waals surface area contributed by atoms with Crippen molar-refractivity contribution in [3.63, 3.8) is 0 Å². The molecule has 1 aliphatic heterocycles. The molecule has 1 heterocycles. The number of nitrogens with two attached hydrogens (primary N) is 1. The SMILES string of the molecule is NC(=S)c1cccc(N2C(=O)C3CC3C2=O)c1. The van der Waals surface area contributed by atoms with Crippen LogP contribution < -0.4 is 10.6 Å². The summed E-state index contributed by atoms with van der Waals surface area (Å²) in [4.78, 5) is 25.3. The molecule has 1 saturated carbocycles. The highest BCUT2D eigenvalue weighted by Crippen LogP contribution is 2.48. The lowest BCUT2D eigenvalue weighted by Gasteiger charge is -2.17. The summed E-state index contributed by atoms with van der Waals surface area (Å²) >= 11 is 4.88. The van der Waals surface area contributed by atoms with Crippen molar-refractivity contribution in [2.75, 3.05) is 4.90 Å². The van der Waals surface area contributed by atoms with Gasteiger partial charge in [-0.2, -0.15) is 0 Å². The number of nitrogens with zero attached hydrogens (tertiary/aromatic N) is 1. The molecule has 1 aromatic carbocycles. The molecule has 1 saturated heterocycles. The van der Waals surface area contributed by atoms with E-state index in [9.17, 15) is 9.59 Å². The molecular formula is C12H10N2O2S. The maximum absolute atomic E-state index is 11.9. The highest BCUT2D eigenvalue weighted by Gasteiger charge is 2.59. The van der Waals surface area contributed by atoms with E-state index in [1.807, 2.05) is 0 Å². The van der Waals surface area contributed by atoms with Crippen molar-refractivity contribution in [1.82, 2.24) is 0 Å². The number of fused-ring (bicyclic) bond motifs is 1. The van der Waals surface area contributed by atoms with Crippen molar-refractivity contribution < 1.29 is 9.59 Å². The Labute approximate surface area is 103 Å². The second-order valence-corrected chi connectivity index (χ2v) is 4.81. The van der Waals surface area contributed by atoms with Gasteiger partial charge in [0.05, 0.1) is 17.5 Å². The van der Waals surface area contributed by atoms with Crippen LogP contribution in [0.2, 0.25) is 0 Å². The third kappa shape index (κ3) is 1.46. The van der Waals surface area contributed by atoms with E-state index in [4.69, 9.17) is 18.0 Å². The van der Waals surface area contributed by atoms with E-state index >= 15 is 0 Å². The Morgan fingerprint density at radius 3 is 2.53 bits per heavy atom. The lowest BCUT2D eigenvalue weighted by Crippen LogP contribution is -2.32. The summed E-state index contributed by atoms with van der Waals surface area (Å²) in [7, 11) is 0. The molecule has 2 unspecified atom stereocenters. The van der Waals surface area contributed by atoms with Crippen molar-refractivity contribution in [1.29, 1.82) is 0 Å². The van der Waals surface area contributed by atoms with Gasteiger partial charge in [-0.05, 0) is 18.6 Å². The number of hydrogen-bond acceptors (Lipinski definition) is 3. The van der Waals surface area contributed by atoms with Gasteiger partial charge in [-0.15, -0.1) is 0 Å². The number of amides is 2. The molecule has 0 bridgehead atoms. The molecular weight excluding hydrogens is 236 g/mol. The molecule has 2 atom stereocenters. The first kappa shape index (κ1) is 10.4. The number of imide groups is 1. The maximum atomic E-state index is 11.9. The zero-order valence-corrected chi connectivity index (χ0v) is 9.74. The summed E-state index contributed by atoms with van der Waals surface area (Å²) in [5, 5.41) is 0. The minimum Gasteiger partial charge on any atom is -0.389 e. The fourth-order valence-corrected chi connectivity index (χ4v) is 2.36. The molecule has 0 aromatic heterocycles. The van der Waals surface area contributed by atoms with E-state index in [0.717, 1.165) is 0 Å². The topological polar surface area (TPSA) is 63.4 Å². The summed E-state index contributed by atoms with van der Waals surface area (Å²) in [6.45, 7) is 0. The maximum Gasteiger partial charge on any atom is 0.237 e. The van der Waals surface area contributed by atoms with Crippen LogP contribution in [0.1, 0.15) is 12.0 Å². The Kier molecular flexibility index (Phi) is 2.06. The van der Waals surface area contributed by atoms with Crippen molar-refractivity contribution in [3.8, 4) is 0 Å². The number of benzene rings is 1. The van der Waals surface area contributed by atoms with Gasteiger partial charge in [-0.3, -0.25) is 14.5 Å². The summed E-state index contributed by atoms with van der Waals surface area (Å²) in [6, 6.07) is 6.91. The average Bonchev–Trinajstić information content (AvgIpc) is 3.04. The third-order valence-corrected chi connectivity index (χ3v) is 3.49. The second kappa shape index (κ2) is 3.37. The first-order chi connectivity index (χ1) is 8.09. The fourth-order valence-electron chi connectivity index (χ4n) is 2.23. The number of hydrogen-bond donors (Lipinski definition) is 1. The van der Waals surface area contributed by atoms with E-state index in [-0.39, 0.29) is 28.6 Å². The minimum atomic E-state index is -0.0971. The van der Waals surface area contributed by atoms with Gasteiger partial charge in [0.25, 0.3) is 0 Å². The van der Waals surface area contributed by atoms with E-state index in [1.165, 1.54) is 4.90 Å². The van der Waals surface area contributed by atoms with Gasteiger partial charge in [0.2, 0.25) is 11.8 Å². The monoisotopic (exact) mass is 246 g/mol. The standard InChI is InChI=1S/C12H10N2O2S/c13-10(17)6-2-1-3-7(4-6)14-11(15)8-5-9(8)12(14)16/h1-4,8-9H,5H2,(H2,13,17). The van der Waals surface area contributed by atoms with Gasteiger partial charge >= 0.3 is 0 Å². The number of anilines is 1. The van der Waals surface area contributed by atoms with Gasteiger partial charge in [-0.25, -0.2) is 0 Å². The van der Waals surface area contributed by atoms with Crippen LogP contribution in [0.15, 0.2) is 24.3 Å². The first-order valence-electron chi connectivity index (χ1n) is 5.37. The molecule has 4 nitrogen and oxygen atoms in total. The normalized spacial score (nSPS) is 26.0. The Bertz CT molecular complexity index is 535. The lowest BCUT2D eigenvalue weighted by atomic mass is 10.2. The Hall–Kier alpha value is -1.75. The molecule has 1 aromatic rings. The molecule has 2 fully saturated rings. The van der Waals surface area contributed by atoms with Crippen LogP contribution in [0.4, 0.5) is 5.69 Å². The Balaban J connectivity index is 1.99. The lowest BCUT2D eigenvalue weighted by molar-refractivity contribution is -0.123. The number of thiocarbonyl (C=S) groups is 1. The fraction of sp³-hybridized carbons (Fsp3) is 0.250. The van der Waals surface area contributed by atoms with Gasteiger partial charge in [0.1, 0.15) is 4.99 Å². The molecule has 2 aliphatic rings. The van der Waals surface area contributed by atoms with E-state index < -0.39 is 0 Å². The quantitative estimate of drug-likeness (QED) is 0.620. The van der Waals surface area contributed by atoms with E-state index in [1.54, 1.807) is 24.3 Å². The number of carbonyl (C=O) groups is 2. The Morgan fingerprint density at radius 2 is 1.94 bits per heavy atom. The predicted molar refractivity (Wildman–Crippen MR) is 66.4 cm³/mol. The average molecular weight is 246 g/mol. The highest BCUT2D eigenvalue weighted by molar-refractivity contribution is 7.80. The van der Waals surface area contributed by atoms with Gasteiger partial charge in [0.15, 0.2) is 0 Å². The van der Waals surface area contributed by atoms with E-state index in [0.29, 0.717) is 17.7 Å². The van der Waals surface area contributed by atoms with Crippen LogP contribution in [-0.2, 0) is 9.59 Å². The highest BCUT2D eigenvalue weighted by atomic mass is 32.1. The van der Waals surface area contributed by atoms with Crippen LogP contribution in [0.25, 0.3) is 0 Å². The van der Waals surface area contributed by atoms with Crippen molar-refractivity contribution in [3.05, 3.63) is 29.8 Å². The summed E-state index contributed by atoms with van der Waals surface area (Å²) in [5.74, 6) is -0.368. The van der Waals surface area contributed by atoms with Gasteiger partial charge in [0, 0.05) is 5.56 Å². The van der Waals surface area contributed by atoms with Crippen LogP contribution in [-0.4, -0.2) is 16.8 Å². The molecule has 86 valence electrons. The molecule has 3 rings (SSSR count). The van der Waals surface area contributed by atoms with Crippen molar-refractivity contribution in [2.24, 2.45) is 17.6 Å². The predicted octanol–water partition coefficient (Wildman–Crippen LogP) is 0.830. The Morgan fingerprint density at radius 1 is 1.29 bits per heavy atom. The zero-order valence-electron chi connectivity index (χ0n) is 8.92. The van der Waals surface area contributed by atoms with Gasteiger partial charge in [-0.1, -0.05) is 24.4 Å². The summed E-state index contributed by atoms with van der Waals surface area (Å²) < 4.78 is 0. The number of rotatable bonds is 2. The van der Waals surface area contributed by atoms with Crippen LogP contribution >= 0.6 is 12.2 Å².